The van der Waals surface area contributed by atoms with Gasteiger partial charge in [-0.15, -0.1) is 11.6 Å². The van der Waals surface area contributed by atoms with Crippen molar-refractivity contribution in [3.63, 3.8) is 0 Å². The summed E-state index contributed by atoms with van der Waals surface area (Å²) in [6, 6.07) is 1.53. The predicted molar refractivity (Wildman–Crippen MR) is 58.0 cm³/mol. The van der Waals surface area contributed by atoms with Crippen molar-refractivity contribution in [2.45, 2.75) is 12.3 Å². The van der Waals surface area contributed by atoms with Crippen LogP contribution in [0.2, 0.25) is 0 Å². The SMILES string of the molecule is COc1nc(I)cc(CCl)c1C(F)F. The topological polar surface area (TPSA) is 22.1 Å². The zero-order valence-corrected chi connectivity index (χ0v) is 10.1. The van der Waals surface area contributed by atoms with E-state index in [4.69, 9.17) is 16.3 Å². The van der Waals surface area contributed by atoms with Crippen LogP contribution in [0.1, 0.15) is 17.6 Å². The minimum absolute atomic E-state index is 0.0224. The van der Waals surface area contributed by atoms with Crippen LogP contribution < -0.4 is 4.74 Å². The lowest BCUT2D eigenvalue weighted by Gasteiger charge is -2.10. The number of methoxy groups -OCH3 is 1. The third-order valence-corrected chi connectivity index (χ3v) is 2.47. The summed E-state index contributed by atoms with van der Waals surface area (Å²) in [5.74, 6) is -0.0308. The third-order valence-electron chi connectivity index (χ3n) is 1.63. The number of nitrogens with zero attached hydrogens (tertiary/aromatic N) is 1. The molecule has 0 radical (unpaired) electrons. The largest absolute Gasteiger partial charge is 0.481 e. The summed E-state index contributed by atoms with van der Waals surface area (Å²) < 4.78 is 30.6. The number of ether oxygens (including phenoxy) is 1. The van der Waals surface area contributed by atoms with Gasteiger partial charge in [0.15, 0.2) is 0 Å². The molecule has 0 atom stereocenters. The highest BCUT2D eigenvalue weighted by molar-refractivity contribution is 14.1. The third kappa shape index (κ3) is 2.44. The Bertz CT molecular complexity index is 310. The van der Waals surface area contributed by atoms with Crippen LogP contribution in [0.5, 0.6) is 5.88 Å². The Morgan fingerprint density at radius 3 is 2.71 bits per heavy atom. The second-order valence-corrected chi connectivity index (χ2v) is 3.83. The summed E-state index contributed by atoms with van der Waals surface area (Å²) in [6.07, 6.45) is -2.62. The molecule has 0 unspecified atom stereocenters. The minimum atomic E-state index is -2.62. The molecule has 0 saturated carbocycles. The van der Waals surface area contributed by atoms with E-state index < -0.39 is 6.43 Å². The van der Waals surface area contributed by atoms with Crippen molar-refractivity contribution in [1.82, 2.24) is 4.98 Å². The molecule has 0 saturated heterocycles. The predicted octanol–water partition coefficient (Wildman–Crippen LogP) is 3.37. The summed E-state index contributed by atoms with van der Waals surface area (Å²) >= 11 is 7.48. The molecular formula is C8H7ClF2INO. The minimum Gasteiger partial charge on any atom is -0.481 e. The van der Waals surface area contributed by atoms with Gasteiger partial charge in [-0.25, -0.2) is 13.8 Å². The van der Waals surface area contributed by atoms with E-state index in [1.807, 2.05) is 22.6 Å². The lowest BCUT2D eigenvalue weighted by atomic mass is 10.1. The Kier molecular flexibility index (Phi) is 4.31. The molecule has 1 aromatic rings. The monoisotopic (exact) mass is 333 g/mol. The molecule has 1 rings (SSSR count). The molecule has 0 spiro atoms. The first kappa shape index (κ1) is 11.9. The van der Waals surface area contributed by atoms with E-state index in [1.165, 1.54) is 13.2 Å². The molecule has 0 aromatic carbocycles. The zero-order valence-electron chi connectivity index (χ0n) is 7.23. The van der Waals surface area contributed by atoms with Gasteiger partial charge < -0.3 is 4.74 Å². The summed E-state index contributed by atoms with van der Waals surface area (Å²) in [5, 5.41) is 0. The van der Waals surface area contributed by atoms with Crippen LogP contribution in [0.25, 0.3) is 0 Å². The van der Waals surface area contributed by atoms with Crippen molar-refractivity contribution in [3.05, 3.63) is 20.9 Å². The molecule has 0 aliphatic rings. The zero-order chi connectivity index (χ0) is 10.7. The lowest BCUT2D eigenvalue weighted by Crippen LogP contribution is -2.01. The van der Waals surface area contributed by atoms with E-state index in [9.17, 15) is 8.78 Å². The van der Waals surface area contributed by atoms with Gasteiger partial charge in [-0.2, -0.15) is 0 Å². The molecule has 1 heterocycles. The Hall–Kier alpha value is -0.170. The first-order valence-corrected chi connectivity index (χ1v) is 5.29. The fourth-order valence-corrected chi connectivity index (χ4v) is 1.86. The van der Waals surface area contributed by atoms with Crippen LogP contribution in [0.4, 0.5) is 8.78 Å². The van der Waals surface area contributed by atoms with Gasteiger partial charge in [0.05, 0.1) is 12.7 Å². The molecule has 0 fully saturated rings. The van der Waals surface area contributed by atoms with Crippen LogP contribution in [0.3, 0.4) is 0 Å². The molecule has 0 bridgehead atoms. The maximum Gasteiger partial charge on any atom is 0.269 e. The van der Waals surface area contributed by atoms with Crippen LogP contribution in [0.15, 0.2) is 6.07 Å². The van der Waals surface area contributed by atoms with E-state index in [2.05, 4.69) is 4.98 Å². The molecule has 0 aliphatic carbocycles. The number of alkyl halides is 3. The summed E-state index contributed by atoms with van der Waals surface area (Å²) in [7, 11) is 1.31. The number of pyridine rings is 1. The number of aromatic nitrogens is 1. The van der Waals surface area contributed by atoms with E-state index >= 15 is 0 Å². The Balaban J connectivity index is 3.33. The smallest absolute Gasteiger partial charge is 0.269 e. The van der Waals surface area contributed by atoms with Gasteiger partial charge in [0.25, 0.3) is 6.43 Å². The normalized spacial score (nSPS) is 10.7. The van der Waals surface area contributed by atoms with E-state index in [0.29, 0.717) is 9.26 Å². The van der Waals surface area contributed by atoms with E-state index in [0.717, 1.165) is 0 Å². The average molecular weight is 334 g/mol. The molecule has 0 N–H and O–H groups in total. The van der Waals surface area contributed by atoms with Gasteiger partial charge in [0.2, 0.25) is 5.88 Å². The molecule has 2 nitrogen and oxygen atoms in total. The number of hydrogen-bond acceptors (Lipinski definition) is 2. The van der Waals surface area contributed by atoms with Crippen molar-refractivity contribution in [2.75, 3.05) is 7.11 Å². The summed E-state index contributed by atoms with van der Waals surface area (Å²) in [6.45, 7) is 0. The van der Waals surface area contributed by atoms with Crippen LogP contribution in [-0.4, -0.2) is 12.1 Å². The maximum atomic E-state index is 12.6. The number of hydrogen-bond donors (Lipinski definition) is 0. The Morgan fingerprint density at radius 1 is 1.64 bits per heavy atom. The van der Waals surface area contributed by atoms with E-state index in [1.54, 1.807) is 0 Å². The highest BCUT2D eigenvalue weighted by atomic mass is 127. The molecule has 0 aliphatic heterocycles. The van der Waals surface area contributed by atoms with Gasteiger partial charge in [0, 0.05) is 5.88 Å². The summed E-state index contributed by atoms with van der Waals surface area (Å²) in [4.78, 5) is 3.85. The van der Waals surface area contributed by atoms with Crippen LogP contribution in [-0.2, 0) is 5.88 Å². The van der Waals surface area contributed by atoms with Gasteiger partial charge in [-0.1, -0.05) is 0 Å². The van der Waals surface area contributed by atoms with E-state index in [-0.39, 0.29) is 17.3 Å². The lowest BCUT2D eigenvalue weighted by molar-refractivity contribution is 0.145. The molecule has 78 valence electrons. The van der Waals surface area contributed by atoms with Gasteiger partial charge in [-0.05, 0) is 34.2 Å². The number of halogens is 4. The fourth-order valence-electron chi connectivity index (χ4n) is 1.05. The van der Waals surface area contributed by atoms with Crippen molar-refractivity contribution in [1.29, 1.82) is 0 Å². The Labute approximate surface area is 98.8 Å². The highest BCUT2D eigenvalue weighted by Crippen LogP contribution is 2.32. The fraction of sp³-hybridized carbons (Fsp3) is 0.375. The highest BCUT2D eigenvalue weighted by Gasteiger charge is 2.20. The van der Waals surface area contributed by atoms with Gasteiger partial charge in [0.1, 0.15) is 3.70 Å². The molecule has 6 heteroatoms. The molecular weight excluding hydrogens is 326 g/mol. The Morgan fingerprint density at radius 2 is 2.29 bits per heavy atom. The second-order valence-electron chi connectivity index (χ2n) is 2.46. The maximum absolute atomic E-state index is 12.6. The van der Waals surface area contributed by atoms with Gasteiger partial charge >= 0.3 is 0 Å². The van der Waals surface area contributed by atoms with Crippen molar-refractivity contribution >= 4 is 34.2 Å². The standard InChI is InChI=1S/C8H7ClF2INO/c1-14-8-6(7(10)11)4(3-9)2-5(12)13-8/h2,7H,3H2,1H3. The molecule has 1 aromatic heterocycles. The quantitative estimate of drug-likeness (QED) is 0.481. The van der Waals surface area contributed by atoms with Crippen molar-refractivity contribution < 1.29 is 13.5 Å². The summed E-state index contributed by atoms with van der Waals surface area (Å²) in [5.41, 5.74) is 0.140. The van der Waals surface area contributed by atoms with Crippen molar-refractivity contribution in [3.8, 4) is 5.88 Å². The van der Waals surface area contributed by atoms with Crippen LogP contribution in [0, 0.1) is 3.70 Å². The molecule has 0 amide bonds. The van der Waals surface area contributed by atoms with Crippen molar-refractivity contribution in [2.24, 2.45) is 0 Å². The second kappa shape index (κ2) is 5.06. The first-order chi connectivity index (χ1) is 6.60. The van der Waals surface area contributed by atoms with Gasteiger partial charge in [-0.3, -0.25) is 0 Å². The van der Waals surface area contributed by atoms with Crippen LogP contribution >= 0.6 is 34.2 Å². The average Bonchev–Trinajstić information content (AvgIpc) is 2.15. The molecule has 14 heavy (non-hydrogen) atoms. The first-order valence-electron chi connectivity index (χ1n) is 3.67. The number of rotatable bonds is 3.